The van der Waals surface area contributed by atoms with Crippen molar-refractivity contribution in [3.8, 4) is 0 Å². The molecular formula is C23H30N2O6S3. The van der Waals surface area contributed by atoms with Crippen molar-refractivity contribution < 1.29 is 25.8 Å². The second-order valence-corrected chi connectivity index (χ2v) is 13.8. The van der Waals surface area contributed by atoms with E-state index in [1.54, 1.807) is 30.5 Å². The molecule has 1 aromatic heterocycles. The second kappa shape index (κ2) is 10.0. The third kappa shape index (κ3) is 5.69. The molecule has 2 fully saturated rings. The second-order valence-electron chi connectivity index (χ2n) is 9.19. The summed E-state index contributed by atoms with van der Waals surface area (Å²) >= 11 is 1.37. The van der Waals surface area contributed by atoms with Crippen molar-refractivity contribution in [2.24, 2.45) is 11.8 Å². The van der Waals surface area contributed by atoms with E-state index in [1.807, 2.05) is 5.38 Å². The van der Waals surface area contributed by atoms with Crippen LogP contribution in [0.5, 0.6) is 0 Å². The maximum atomic E-state index is 13.5. The first kappa shape index (κ1) is 25.3. The molecule has 2 aliphatic carbocycles. The molecule has 34 heavy (non-hydrogen) atoms. The van der Waals surface area contributed by atoms with Gasteiger partial charge in [-0.05, 0) is 42.4 Å². The molecule has 4 rings (SSSR count). The average molecular weight is 527 g/mol. The van der Waals surface area contributed by atoms with Crippen LogP contribution in [-0.2, 0) is 34.3 Å². The van der Waals surface area contributed by atoms with Crippen molar-refractivity contribution in [3.63, 3.8) is 0 Å². The van der Waals surface area contributed by atoms with E-state index in [4.69, 9.17) is 0 Å². The van der Waals surface area contributed by atoms with Gasteiger partial charge in [-0.3, -0.25) is 8.98 Å². The molecule has 2 atom stereocenters. The number of carbonyl (C=O) groups excluding carboxylic acids is 1. The number of amides is 1. The van der Waals surface area contributed by atoms with Crippen LogP contribution in [0.25, 0.3) is 0 Å². The van der Waals surface area contributed by atoms with Gasteiger partial charge in [0.05, 0.1) is 28.9 Å². The predicted octanol–water partition coefficient (Wildman–Crippen LogP) is 3.76. The highest BCUT2D eigenvalue weighted by molar-refractivity contribution is 7.91. The molecule has 0 saturated heterocycles. The Bertz CT molecular complexity index is 1200. The van der Waals surface area contributed by atoms with Crippen LogP contribution >= 0.6 is 11.3 Å². The maximum absolute atomic E-state index is 13.5. The number of hydrogen-bond acceptors (Lipinski definition) is 8. The molecule has 8 nitrogen and oxygen atoms in total. The number of nitrogens with one attached hydrogen (secondary N) is 1. The van der Waals surface area contributed by atoms with E-state index in [1.165, 1.54) is 30.6 Å². The Labute approximate surface area is 205 Å². The summed E-state index contributed by atoms with van der Waals surface area (Å²) in [6.45, 7) is -0.181. The highest BCUT2D eigenvalue weighted by Gasteiger charge is 2.63. The van der Waals surface area contributed by atoms with Gasteiger partial charge in [-0.1, -0.05) is 44.2 Å². The largest absolute Gasteiger partial charge is 0.301 e. The molecule has 1 N–H and O–H groups in total. The summed E-state index contributed by atoms with van der Waals surface area (Å²) in [5, 5.41) is 5.35. The molecule has 0 aliphatic heterocycles. The van der Waals surface area contributed by atoms with Gasteiger partial charge in [0.2, 0.25) is 5.91 Å². The molecule has 2 aliphatic rings. The summed E-state index contributed by atoms with van der Waals surface area (Å²) in [6.07, 6.45) is 9.27. The van der Waals surface area contributed by atoms with Crippen molar-refractivity contribution in [2.75, 3.05) is 23.9 Å². The Morgan fingerprint density at radius 2 is 1.85 bits per heavy atom. The zero-order valence-electron chi connectivity index (χ0n) is 19.1. The summed E-state index contributed by atoms with van der Waals surface area (Å²) in [5.74, 6) is 0.436. The topological polar surface area (TPSA) is 120 Å². The molecule has 2 unspecified atom stereocenters. The Morgan fingerprint density at radius 3 is 2.47 bits per heavy atom. The van der Waals surface area contributed by atoms with E-state index in [-0.39, 0.29) is 35.5 Å². The van der Waals surface area contributed by atoms with Gasteiger partial charge in [-0.25, -0.2) is 13.4 Å². The highest BCUT2D eigenvalue weighted by atomic mass is 32.2. The number of benzene rings is 1. The molecule has 1 amide bonds. The van der Waals surface area contributed by atoms with Crippen LogP contribution < -0.4 is 5.32 Å². The highest BCUT2D eigenvalue weighted by Crippen LogP contribution is 2.61. The van der Waals surface area contributed by atoms with Gasteiger partial charge < -0.3 is 5.32 Å². The first-order chi connectivity index (χ1) is 16.1. The van der Waals surface area contributed by atoms with Crippen molar-refractivity contribution in [2.45, 2.75) is 55.3 Å². The van der Waals surface area contributed by atoms with E-state index < -0.39 is 25.4 Å². The Hall–Kier alpha value is -1.82. The van der Waals surface area contributed by atoms with Gasteiger partial charge in [0, 0.05) is 11.6 Å². The van der Waals surface area contributed by atoms with Gasteiger partial charge in [-0.2, -0.15) is 8.42 Å². The lowest BCUT2D eigenvalue weighted by Crippen LogP contribution is -2.32. The normalized spacial score (nSPS) is 23.5. The van der Waals surface area contributed by atoms with Crippen LogP contribution in [0.3, 0.4) is 0 Å². The molecule has 11 heteroatoms. The number of rotatable bonds is 10. The lowest BCUT2D eigenvalue weighted by Gasteiger charge is -2.25. The monoisotopic (exact) mass is 526 g/mol. The molecule has 0 radical (unpaired) electrons. The van der Waals surface area contributed by atoms with Crippen molar-refractivity contribution in [1.29, 1.82) is 0 Å². The molecule has 0 bridgehead atoms. The number of anilines is 1. The first-order valence-corrected chi connectivity index (χ1v) is 15.9. The molecule has 1 heterocycles. The minimum absolute atomic E-state index is 0.0705. The summed E-state index contributed by atoms with van der Waals surface area (Å²) in [4.78, 5) is 17.8. The lowest BCUT2D eigenvalue weighted by atomic mass is 9.80. The van der Waals surface area contributed by atoms with E-state index in [9.17, 15) is 21.6 Å². The van der Waals surface area contributed by atoms with E-state index in [2.05, 4.69) is 14.5 Å². The van der Waals surface area contributed by atoms with Crippen LogP contribution in [0.2, 0.25) is 0 Å². The van der Waals surface area contributed by atoms with E-state index >= 15 is 0 Å². The third-order valence-corrected chi connectivity index (χ3v) is 9.97. The van der Waals surface area contributed by atoms with Crippen LogP contribution in [-0.4, -0.2) is 46.3 Å². The standard InChI is InChI=1S/C23H30N2O6S3/c1-33(27,28)31-13-5-15-34(29,30)19-10-8-18(9-11-19)23(21(26)25-22-24-12-14-32-22)16-20(23)17-6-3-2-4-7-17/h8-12,14,17,20H,2-7,13,15-16H2,1H3,(H,24,25,26). The fourth-order valence-corrected chi connectivity index (χ4v) is 7.38. The van der Waals surface area contributed by atoms with Crippen molar-refractivity contribution in [3.05, 3.63) is 41.4 Å². The number of carbonyl (C=O) groups is 1. The summed E-state index contributed by atoms with van der Waals surface area (Å²) in [6, 6.07) is 6.61. The van der Waals surface area contributed by atoms with Gasteiger partial charge in [-0.15, -0.1) is 11.3 Å². The lowest BCUT2D eigenvalue weighted by molar-refractivity contribution is -0.119. The van der Waals surface area contributed by atoms with E-state index in [0.29, 0.717) is 11.0 Å². The predicted molar refractivity (Wildman–Crippen MR) is 131 cm³/mol. The molecule has 2 saturated carbocycles. The van der Waals surface area contributed by atoms with E-state index in [0.717, 1.165) is 31.1 Å². The smallest absolute Gasteiger partial charge is 0.264 e. The van der Waals surface area contributed by atoms with Crippen LogP contribution in [0.15, 0.2) is 40.7 Å². The molecule has 186 valence electrons. The minimum atomic E-state index is -3.60. The minimum Gasteiger partial charge on any atom is -0.301 e. The summed E-state index contributed by atoms with van der Waals surface area (Å²) in [5.41, 5.74) is 0.163. The van der Waals surface area contributed by atoms with Gasteiger partial charge >= 0.3 is 0 Å². The van der Waals surface area contributed by atoms with Gasteiger partial charge in [0.25, 0.3) is 10.1 Å². The summed E-state index contributed by atoms with van der Waals surface area (Å²) < 4.78 is 52.1. The van der Waals surface area contributed by atoms with Crippen LogP contribution in [0.1, 0.15) is 50.5 Å². The quantitative estimate of drug-likeness (QED) is 0.370. The van der Waals surface area contributed by atoms with Gasteiger partial charge in [0.1, 0.15) is 0 Å². The number of thiazole rings is 1. The first-order valence-electron chi connectivity index (χ1n) is 11.5. The van der Waals surface area contributed by atoms with Crippen molar-refractivity contribution in [1.82, 2.24) is 4.98 Å². The molecule has 1 aromatic carbocycles. The van der Waals surface area contributed by atoms with Crippen LogP contribution in [0.4, 0.5) is 5.13 Å². The Balaban J connectivity index is 1.51. The average Bonchev–Trinajstić information content (AvgIpc) is 3.37. The molecule has 2 aromatic rings. The molecule has 0 spiro atoms. The maximum Gasteiger partial charge on any atom is 0.264 e. The van der Waals surface area contributed by atoms with Gasteiger partial charge in [0.15, 0.2) is 15.0 Å². The Morgan fingerprint density at radius 1 is 1.15 bits per heavy atom. The SMILES string of the molecule is CS(=O)(=O)OCCCS(=O)(=O)c1ccc(C2(C(=O)Nc3nccs3)CC2C2CCCCC2)cc1. The number of aromatic nitrogens is 1. The summed E-state index contributed by atoms with van der Waals surface area (Å²) in [7, 11) is -7.20. The van der Waals surface area contributed by atoms with Crippen molar-refractivity contribution >= 4 is 42.3 Å². The third-order valence-electron chi connectivity index (χ3n) is 6.87. The number of nitrogens with zero attached hydrogens (tertiary/aromatic N) is 1. The fraction of sp³-hybridized carbons (Fsp3) is 0.565. The van der Waals surface area contributed by atoms with Crippen LogP contribution in [0, 0.1) is 11.8 Å². The number of hydrogen-bond donors (Lipinski definition) is 1. The fourth-order valence-electron chi connectivity index (χ4n) is 5.15. The zero-order valence-corrected chi connectivity index (χ0v) is 21.6. The number of sulfone groups is 1. The zero-order chi connectivity index (χ0) is 24.4. The Kier molecular flexibility index (Phi) is 7.47. The molecular weight excluding hydrogens is 496 g/mol.